The molecule has 1 N–H and O–H groups in total. The molecule has 0 saturated carbocycles. The first kappa shape index (κ1) is 21.3. The van der Waals surface area contributed by atoms with Crippen molar-refractivity contribution in [3.63, 3.8) is 0 Å². The van der Waals surface area contributed by atoms with E-state index >= 15 is 0 Å². The molecule has 3 rings (SSSR count). The van der Waals surface area contributed by atoms with Crippen molar-refractivity contribution in [2.75, 3.05) is 32.7 Å². The maximum Gasteiger partial charge on any atom is 0.317 e. The molecular weight excluding hydrogens is 390 g/mol. The number of hydrogen-bond acceptors (Lipinski definition) is 4. The van der Waals surface area contributed by atoms with E-state index in [1.54, 1.807) is 23.4 Å². The lowest BCUT2D eigenvalue weighted by Crippen LogP contribution is -2.43. The summed E-state index contributed by atoms with van der Waals surface area (Å²) in [6.07, 6.45) is 3.91. The second-order valence-electron chi connectivity index (χ2n) is 7.30. The number of urea groups is 1. The summed E-state index contributed by atoms with van der Waals surface area (Å²) in [6.45, 7) is 3.93. The molecular formula is C20H29N5O3S. The number of aromatic nitrogens is 2. The predicted molar refractivity (Wildman–Crippen MR) is 111 cm³/mol. The van der Waals surface area contributed by atoms with E-state index in [0.717, 1.165) is 12.8 Å². The van der Waals surface area contributed by atoms with Crippen LogP contribution < -0.4 is 5.32 Å². The average Bonchev–Trinajstić information content (AvgIpc) is 2.92. The van der Waals surface area contributed by atoms with Gasteiger partial charge in [-0.3, -0.25) is 0 Å². The quantitative estimate of drug-likeness (QED) is 0.723. The minimum atomic E-state index is -3.64. The van der Waals surface area contributed by atoms with Gasteiger partial charge in [-0.25, -0.2) is 18.2 Å². The first-order valence-corrected chi connectivity index (χ1v) is 11.4. The monoisotopic (exact) mass is 419 g/mol. The SMILES string of the molecule is Cc1nc(S(=O)(=O)N2CCCN(C(=O)NCCCc3ccccc3)CC2)cn1C. The fourth-order valence-electron chi connectivity index (χ4n) is 3.36. The number of imidazole rings is 1. The van der Waals surface area contributed by atoms with E-state index in [9.17, 15) is 13.2 Å². The number of aryl methyl sites for hydroxylation is 3. The third-order valence-corrected chi connectivity index (χ3v) is 6.96. The number of nitrogens with one attached hydrogen (secondary N) is 1. The van der Waals surface area contributed by atoms with E-state index < -0.39 is 10.0 Å². The second kappa shape index (κ2) is 9.41. The van der Waals surface area contributed by atoms with Crippen molar-refractivity contribution < 1.29 is 13.2 Å². The van der Waals surface area contributed by atoms with Gasteiger partial charge in [0, 0.05) is 46.0 Å². The highest BCUT2D eigenvalue weighted by Crippen LogP contribution is 2.17. The van der Waals surface area contributed by atoms with Crippen LogP contribution in [-0.4, -0.2) is 65.9 Å². The molecule has 2 heterocycles. The zero-order valence-electron chi connectivity index (χ0n) is 17.0. The van der Waals surface area contributed by atoms with Gasteiger partial charge in [-0.15, -0.1) is 0 Å². The number of nitrogens with zero attached hydrogens (tertiary/aromatic N) is 4. The smallest absolute Gasteiger partial charge is 0.317 e. The lowest BCUT2D eigenvalue weighted by molar-refractivity contribution is 0.200. The summed E-state index contributed by atoms with van der Waals surface area (Å²) in [5, 5.41) is 3.02. The van der Waals surface area contributed by atoms with Gasteiger partial charge in [0.1, 0.15) is 5.82 Å². The van der Waals surface area contributed by atoms with Crippen LogP contribution in [0.2, 0.25) is 0 Å². The first-order chi connectivity index (χ1) is 13.9. The van der Waals surface area contributed by atoms with Crippen molar-refractivity contribution in [1.82, 2.24) is 24.1 Å². The molecule has 9 heteroatoms. The number of hydrogen-bond donors (Lipinski definition) is 1. The summed E-state index contributed by atoms with van der Waals surface area (Å²) in [5.41, 5.74) is 1.25. The van der Waals surface area contributed by atoms with Crippen LogP contribution in [0.1, 0.15) is 24.2 Å². The Labute approximate surface area is 172 Å². The third-order valence-electron chi connectivity index (χ3n) is 5.19. The summed E-state index contributed by atoms with van der Waals surface area (Å²) in [7, 11) is -1.87. The number of amides is 2. The number of rotatable bonds is 6. The number of carbonyl (C=O) groups is 1. The van der Waals surface area contributed by atoms with Crippen LogP contribution in [0, 0.1) is 6.92 Å². The third kappa shape index (κ3) is 5.36. The van der Waals surface area contributed by atoms with Gasteiger partial charge < -0.3 is 14.8 Å². The van der Waals surface area contributed by atoms with Gasteiger partial charge in [0.25, 0.3) is 10.0 Å². The van der Waals surface area contributed by atoms with Gasteiger partial charge >= 0.3 is 6.03 Å². The number of sulfonamides is 1. The number of benzene rings is 1. The number of carbonyl (C=O) groups excluding carboxylic acids is 1. The summed E-state index contributed by atoms with van der Waals surface area (Å²) < 4.78 is 28.8. The predicted octanol–water partition coefficient (Wildman–Crippen LogP) is 1.77. The summed E-state index contributed by atoms with van der Waals surface area (Å²) in [5.74, 6) is 0.648. The Bertz CT molecular complexity index is 907. The molecule has 2 amide bonds. The molecule has 0 unspecified atom stereocenters. The second-order valence-corrected chi connectivity index (χ2v) is 9.19. The van der Waals surface area contributed by atoms with E-state index in [-0.39, 0.29) is 17.6 Å². The van der Waals surface area contributed by atoms with Gasteiger partial charge in [-0.05, 0) is 31.7 Å². The Morgan fingerprint density at radius 1 is 1.14 bits per heavy atom. The highest BCUT2D eigenvalue weighted by molar-refractivity contribution is 7.89. The molecule has 8 nitrogen and oxygen atoms in total. The Balaban J connectivity index is 1.49. The highest BCUT2D eigenvalue weighted by Gasteiger charge is 2.30. The first-order valence-electron chi connectivity index (χ1n) is 9.95. The molecule has 0 aliphatic carbocycles. The normalized spacial score (nSPS) is 15.9. The van der Waals surface area contributed by atoms with Gasteiger partial charge in [-0.1, -0.05) is 30.3 Å². The van der Waals surface area contributed by atoms with Crippen LogP contribution >= 0.6 is 0 Å². The van der Waals surface area contributed by atoms with E-state index in [0.29, 0.717) is 38.4 Å². The van der Waals surface area contributed by atoms with Crippen molar-refractivity contribution in [1.29, 1.82) is 0 Å². The summed E-state index contributed by atoms with van der Waals surface area (Å²) in [6, 6.07) is 10.0. The average molecular weight is 420 g/mol. The lowest BCUT2D eigenvalue weighted by atomic mass is 10.1. The maximum atomic E-state index is 12.9. The fourth-order valence-corrected chi connectivity index (χ4v) is 4.86. The fraction of sp³-hybridized carbons (Fsp3) is 0.500. The minimum absolute atomic E-state index is 0.0660. The molecule has 29 heavy (non-hydrogen) atoms. The minimum Gasteiger partial charge on any atom is -0.338 e. The molecule has 1 aromatic heterocycles. The van der Waals surface area contributed by atoms with Crippen molar-refractivity contribution in [3.8, 4) is 0 Å². The molecule has 0 atom stereocenters. The molecule has 1 aromatic carbocycles. The Kier molecular flexibility index (Phi) is 6.92. The Hall–Kier alpha value is -2.39. The van der Waals surface area contributed by atoms with Gasteiger partial charge in [0.05, 0.1) is 0 Å². The summed E-state index contributed by atoms with van der Waals surface area (Å²) in [4.78, 5) is 18.3. The van der Waals surface area contributed by atoms with E-state index in [1.807, 2.05) is 18.2 Å². The Morgan fingerprint density at radius 3 is 2.59 bits per heavy atom. The van der Waals surface area contributed by atoms with Crippen LogP contribution in [-0.2, 0) is 23.5 Å². The lowest BCUT2D eigenvalue weighted by Gasteiger charge is -2.21. The molecule has 0 bridgehead atoms. The van der Waals surface area contributed by atoms with Crippen LogP contribution in [0.5, 0.6) is 0 Å². The van der Waals surface area contributed by atoms with Crippen molar-refractivity contribution in [2.45, 2.75) is 31.2 Å². The van der Waals surface area contributed by atoms with Crippen molar-refractivity contribution >= 4 is 16.1 Å². The standard InChI is InChI=1S/C20H29N5O3S/c1-17-22-19(16-23(17)2)29(27,28)25-13-7-12-24(14-15-25)20(26)21-11-6-10-18-8-4-3-5-9-18/h3-5,8-9,16H,6-7,10-15H2,1-2H3,(H,21,26). The highest BCUT2D eigenvalue weighted by atomic mass is 32.2. The van der Waals surface area contributed by atoms with E-state index in [4.69, 9.17) is 0 Å². The topological polar surface area (TPSA) is 87.5 Å². The van der Waals surface area contributed by atoms with Gasteiger partial charge in [0.15, 0.2) is 5.03 Å². The van der Waals surface area contributed by atoms with Gasteiger partial charge in [0.2, 0.25) is 0 Å². The summed E-state index contributed by atoms with van der Waals surface area (Å²) >= 11 is 0. The molecule has 2 aromatic rings. The van der Waals surface area contributed by atoms with Crippen LogP contribution in [0.3, 0.4) is 0 Å². The zero-order chi connectivity index (χ0) is 20.9. The Morgan fingerprint density at radius 2 is 1.90 bits per heavy atom. The zero-order valence-corrected chi connectivity index (χ0v) is 17.9. The van der Waals surface area contributed by atoms with Crippen LogP contribution in [0.15, 0.2) is 41.6 Å². The van der Waals surface area contributed by atoms with E-state index in [1.165, 1.54) is 16.1 Å². The molecule has 158 valence electrons. The molecule has 0 spiro atoms. The molecule has 1 fully saturated rings. The van der Waals surface area contributed by atoms with Crippen molar-refractivity contribution in [2.24, 2.45) is 7.05 Å². The van der Waals surface area contributed by atoms with Crippen molar-refractivity contribution in [3.05, 3.63) is 47.9 Å². The molecule has 0 radical (unpaired) electrons. The maximum absolute atomic E-state index is 12.9. The molecule has 1 saturated heterocycles. The van der Waals surface area contributed by atoms with Crippen LogP contribution in [0.4, 0.5) is 4.79 Å². The van der Waals surface area contributed by atoms with Gasteiger partial charge in [-0.2, -0.15) is 4.31 Å². The molecule has 1 aliphatic heterocycles. The van der Waals surface area contributed by atoms with E-state index in [2.05, 4.69) is 22.4 Å². The van der Waals surface area contributed by atoms with Crippen LogP contribution in [0.25, 0.3) is 0 Å². The molecule has 1 aliphatic rings. The largest absolute Gasteiger partial charge is 0.338 e.